The molecular weight excluding hydrogens is 362 g/mol. The first-order valence-corrected chi connectivity index (χ1v) is 8.83. The number of methoxy groups -OCH3 is 1. The fraction of sp³-hybridized carbons (Fsp3) is 0.250. The first-order valence-electron chi connectivity index (χ1n) is 8.83. The topological polar surface area (TPSA) is 97.0 Å². The van der Waals surface area contributed by atoms with Crippen molar-refractivity contribution in [3.63, 3.8) is 0 Å². The van der Waals surface area contributed by atoms with Gasteiger partial charge in [0.2, 0.25) is 11.8 Å². The molecule has 1 aliphatic heterocycles. The van der Waals surface area contributed by atoms with Gasteiger partial charge >= 0.3 is 6.03 Å². The van der Waals surface area contributed by atoms with Crippen LogP contribution in [0.25, 0.3) is 0 Å². The minimum absolute atomic E-state index is 0.0826. The van der Waals surface area contributed by atoms with Gasteiger partial charge in [-0.05, 0) is 31.2 Å². The Morgan fingerprint density at radius 3 is 2.75 bits per heavy atom. The molecule has 2 aromatic rings. The molecule has 0 spiro atoms. The van der Waals surface area contributed by atoms with Crippen molar-refractivity contribution >= 4 is 29.2 Å². The van der Waals surface area contributed by atoms with Gasteiger partial charge < -0.3 is 20.1 Å². The van der Waals surface area contributed by atoms with E-state index >= 15 is 0 Å². The molecule has 3 rings (SSSR count). The maximum atomic E-state index is 12.9. The van der Waals surface area contributed by atoms with Crippen LogP contribution in [0.4, 0.5) is 16.2 Å². The van der Waals surface area contributed by atoms with Gasteiger partial charge in [-0.15, -0.1) is 0 Å². The summed E-state index contributed by atoms with van der Waals surface area (Å²) in [4.78, 5) is 38.9. The van der Waals surface area contributed by atoms with Gasteiger partial charge in [0.05, 0.1) is 25.1 Å². The standard InChI is InChI=1S/C20H21N3O5/c1-3-28-17-10-5-4-9-16(17)22-18(24)15-12-21-20(26)23(19(15)25)13-7-6-8-14(11-13)27-2/h4-11,15H,3,12H2,1-2H3,(H,21,26)(H,22,24). The average Bonchev–Trinajstić information content (AvgIpc) is 2.70. The molecule has 0 saturated carbocycles. The molecule has 2 N–H and O–H groups in total. The van der Waals surface area contributed by atoms with E-state index in [9.17, 15) is 14.4 Å². The molecule has 1 atom stereocenters. The summed E-state index contributed by atoms with van der Waals surface area (Å²) < 4.78 is 10.6. The summed E-state index contributed by atoms with van der Waals surface area (Å²) in [6.45, 7) is 2.19. The summed E-state index contributed by atoms with van der Waals surface area (Å²) in [5.74, 6) is -1.20. The fourth-order valence-electron chi connectivity index (χ4n) is 2.88. The van der Waals surface area contributed by atoms with Crippen LogP contribution < -0.4 is 25.0 Å². The third-order valence-electron chi connectivity index (χ3n) is 4.25. The van der Waals surface area contributed by atoms with Gasteiger partial charge in [-0.2, -0.15) is 0 Å². The maximum absolute atomic E-state index is 12.9. The Labute approximate surface area is 162 Å². The number of ether oxygens (including phenoxy) is 2. The zero-order chi connectivity index (χ0) is 20.1. The smallest absolute Gasteiger partial charge is 0.328 e. The molecule has 4 amide bonds. The van der Waals surface area contributed by atoms with Crippen molar-refractivity contribution in [1.82, 2.24) is 5.32 Å². The third-order valence-corrected chi connectivity index (χ3v) is 4.25. The van der Waals surface area contributed by atoms with Crippen molar-refractivity contribution in [2.45, 2.75) is 6.92 Å². The van der Waals surface area contributed by atoms with Crippen LogP contribution in [0.15, 0.2) is 48.5 Å². The van der Waals surface area contributed by atoms with Crippen LogP contribution in [0.5, 0.6) is 11.5 Å². The van der Waals surface area contributed by atoms with Crippen molar-refractivity contribution < 1.29 is 23.9 Å². The van der Waals surface area contributed by atoms with Crippen LogP contribution in [0.1, 0.15) is 6.92 Å². The van der Waals surface area contributed by atoms with Gasteiger partial charge in [-0.3, -0.25) is 9.59 Å². The van der Waals surface area contributed by atoms with Crippen molar-refractivity contribution in [3.05, 3.63) is 48.5 Å². The van der Waals surface area contributed by atoms with E-state index in [2.05, 4.69) is 10.6 Å². The molecule has 1 unspecified atom stereocenters. The van der Waals surface area contributed by atoms with Gasteiger partial charge in [0.25, 0.3) is 0 Å². The highest BCUT2D eigenvalue weighted by Crippen LogP contribution is 2.27. The van der Waals surface area contributed by atoms with E-state index in [1.54, 1.807) is 48.5 Å². The van der Waals surface area contributed by atoms with Crippen molar-refractivity contribution in [2.24, 2.45) is 5.92 Å². The zero-order valence-electron chi connectivity index (χ0n) is 15.6. The van der Waals surface area contributed by atoms with E-state index in [1.807, 2.05) is 6.92 Å². The summed E-state index contributed by atoms with van der Waals surface area (Å²) in [7, 11) is 1.49. The summed E-state index contributed by atoms with van der Waals surface area (Å²) in [6, 6.07) is 12.9. The van der Waals surface area contributed by atoms with Crippen LogP contribution in [-0.4, -0.2) is 38.1 Å². The van der Waals surface area contributed by atoms with Gasteiger partial charge in [0.15, 0.2) is 0 Å². The lowest BCUT2D eigenvalue weighted by Gasteiger charge is -2.30. The van der Waals surface area contributed by atoms with Crippen molar-refractivity contribution in [1.29, 1.82) is 0 Å². The monoisotopic (exact) mass is 383 g/mol. The first kappa shape index (κ1) is 19.2. The number of nitrogens with one attached hydrogen (secondary N) is 2. The molecule has 1 aliphatic rings. The van der Waals surface area contributed by atoms with E-state index in [-0.39, 0.29) is 6.54 Å². The minimum Gasteiger partial charge on any atom is -0.497 e. The largest absolute Gasteiger partial charge is 0.497 e. The number of hydrogen-bond donors (Lipinski definition) is 2. The number of benzene rings is 2. The Hall–Kier alpha value is -3.55. The van der Waals surface area contributed by atoms with Crippen LogP contribution in [0, 0.1) is 5.92 Å². The number of carbonyl (C=O) groups excluding carboxylic acids is 3. The molecule has 2 aromatic carbocycles. The van der Waals surface area contributed by atoms with E-state index in [0.717, 1.165) is 4.90 Å². The van der Waals surface area contributed by atoms with Gasteiger partial charge in [0, 0.05) is 12.6 Å². The average molecular weight is 383 g/mol. The lowest BCUT2D eigenvalue weighted by atomic mass is 10.0. The lowest BCUT2D eigenvalue weighted by molar-refractivity contribution is -0.130. The highest BCUT2D eigenvalue weighted by molar-refractivity contribution is 6.23. The van der Waals surface area contributed by atoms with E-state index in [0.29, 0.717) is 29.5 Å². The number of urea groups is 1. The highest BCUT2D eigenvalue weighted by Gasteiger charge is 2.39. The van der Waals surface area contributed by atoms with Gasteiger partial charge in [0.1, 0.15) is 17.4 Å². The Bertz CT molecular complexity index is 899. The quantitative estimate of drug-likeness (QED) is 0.747. The van der Waals surface area contributed by atoms with Gasteiger partial charge in [-0.25, -0.2) is 9.69 Å². The molecule has 1 heterocycles. The van der Waals surface area contributed by atoms with Crippen molar-refractivity contribution in [3.8, 4) is 11.5 Å². The van der Waals surface area contributed by atoms with Gasteiger partial charge in [-0.1, -0.05) is 18.2 Å². The molecule has 146 valence electrons. The Morgan fingerprint density at radius 1 is 1.21 bits per heavy atom. The summed E-state index contributed by atoms with van der Waals surface area (Å²) in [6.07, 6.45) is 0. The van der Waals surface area contributed by atoms with E-state index in [1.165, 1.54) is 7.11 Å². The number of para-hydroxylation sites is 2. The van der Waals surface area contributed by atoms with E-state index in [4.69, 9.17) is 9.47 Å². The molecular formula is C20H21N3O5. The predicted octanol–water partition coefficient (Wildman–Crippen LogP) is 2.41. The Kier molecular flexibility index (Phi) is 5.78. The molecule has 0 radical (unpaired) electrons. The van der Waals surface area contributed by atoms with Crippen LogP contribution in [-0.2, 0) is 9.59 Å². The Balaban J connectivity index is 1.82. The second-order valence-electron chi connectivity index (χ2n) is 6.03. The molecule has 1 saturated heterocycles. The minimum atomic E-state index is -1.07. The number of imide groups is 1. The summed E-state index contributed by atoms with van der Waals surface area (Å²) >= 11 is 0. The lowest BCUT2D eigenvalue weighted by Crippen LogP contribution is -2.58. The number of nitrogens with zero attached hydrogens (tertiary/aromatic N) is 1. The molecule has 8 heteroatoms. The van der Waals surface area contributed by atoms with Crippen LogP contribution in [0.2, 0.25) is 0 Å². The second-order valence-corrected chi connectivity index (χ2v) is 6.03. The third kappa shape index (κ3) is 3.90. The molecule has 28 heavy (non-hydrogen) atoms. The molecule has 0 bridgehead atoms. The Morgan fingerprint density at radius 2 is 2.00 bits per heavy atom. The highest BCUT2D eigenvalue weighted by atomic mass is 16.5. The SMILES string of the molecule is CCOc1ccccc1NC(=O)C1CNC(=O)N(c2cccc(OC)c2)C1=O. The molecule has 8 nitrogen and oxygen atoms in total. The first-order chi connectivity index (χ1) is 13.5. The molecule has 0 aliphatic carbocycles. The molecule has 1 fully saturated rings. The number of hydrogen-bond acceptors (Lipinski definition) is 5. The van der Waals surface area contributed by atoms with Crippen molar-refractivity contribution in [2.75, 3.05) is 30.5 Å². The number of rotatable bonds is 6. The van der Waals surface area contributed by atoms with Crippen LogP contribution in [0.3, 0.4) is 0 Å². The number of amides is 4. The predicted molar refractivity (Wildman–Crippen MR) is 104 cm³/mol. The fourth-order valence-corrected chi connectivity index (χ4v) is 2.88. The van der Waals surface area contributed by atoms with E-state index < -0.39 is 23.8 Å². The normalized spacial score (nSPS) is 16.4. The number of anilines is 2. The number of carbonyl (C=O) groups is 3. The summed E-state index contributed by atoms with van der Waals surface area (Å²) in [5.41, 5.74) is 0.793. The zero-order valence-corrected chi connectivity index (χ0v) is 15.6. The molecule has 0 aromatic heterocycles. The second kappa shape index (κ2) is 8.43. The van der Waals surface area contributed by atoms with Crippen LogP contribution >= 0.6 is 0 Å². The maximum Gasteiger partial charge on any atom is 0.328 e. The summed E-state index contributed by atoms with van der Waals surface area (Å²) in [5, 5.41) is 5.31.